The number of imide groups is 1. The van der Waals surface area contributed by atoms with Gasteiger partial charge in [-0.15, -0.1) is 0 Å². The average Bonchev–Trinajstić information content (AvgIpc) is 3.48. The fourth-order valence-corrected chi connectivity index (χ4v) is 7.12. The molecule has 4 heterocycles. The molecule has 1 N–H and O–H groups in total. The van der Waals surface area contributed by atoms with Gasteiger partial charge in [0, 0.05) is 49.1 Å². The molecule has 3 aliphatic heterocycles. The normalized spacial score (nSPS) is 23.4. The third-order valence-electron chi connectivity index (χ3n) is 9.67. The predicted molar refractivity (Wildman–Crippen MR) is 149 cm³/mol. The quantitative estimate of drug-likeness (QED) is 0.487. The summed E-state index contributed by atoms with van der Waals surface area (Å²) in [4.78, 5) is 42.0. The number of anilines is 1. The average molecular weight is 526 g/mol. The number of carbonyl (C=O) groups excluding carboxylic acids is 3. The summed E-state index contributed by atoms with van der Waals surface area (Å²) in [6.45, 7) is 4.69. The second kappa shape index (κ2) is 9.59. The standard InChI is InChI=1S/C31H35N5O3/c1-19(21-4-2-5-21)34-14-12-23(13-15-34)35-18-20(17-32-35)16-22-8-9-26-29-24(22)6-3-7-25(29)31(39)36(26)27-10-11-28(37)33-30(27)38/h3,6-9,17-19,21,23,27H,2,4-5,10-16H2,1H3,(H,33,37,38)/t19-,27-/m1/s1. The Bertz CT molecular complexity index is 1470. The van der Waals surface area contributed by atoms with E-state index >= 15 is 0 Å². The molecule has 3 fully saturated rings. The Hall–Kier alpha value is -3.52. The number of carbonyl (C=O) groups is 3. The van der Waals surface area contributed by atoms with Crippen LogP contribution < -0.4 is 10.2 Å². The molecule has 1 aliphatic carbocycles. The van der Waals surface area contributed by atoms with Gasteiger partial charge < -0.3 is 4.90 Å². The molecule has 1 saturated carbocycles. The van der Waals surface area contributed by atoms with Crippen molar-refractivity contribution in [3.63, 3.8) is 0 Å². The number of rotatable bonds is 6. The highest BCUT2D eigenvalue weighted by atomic mass is 16.2. The summed E-state index contributed by atoms with van der Waals surface area (Å²) in [5.41, 5.74) is 3.67. The molecule has 3 aromatic rings. The molecular formula is C31H35N5O3. The van der Waals surface area contributed by atoms with Gasteiger partial charge in [-0.3, -0.25) is 29.3 Å². The van der Waals surface area contributed by atoms with Crippen molar-refractivity contribution >= 4 is 34.2 Å². The van der Waals surface area contributed by atoms with Gasteiger partial charge in [-0.25, -0.2) is 0 Å². The monoisotopic (exact) mass is 525 g/mol. The first-order valence-corrected chi connectivity index (χ1v) is 14.5. The van der Waals surface area contributed by atoms with Crippen LogP contribution in [0.15, 0.2) is 42.7 Å². The number of hydrogen-bond donors (Lipinski definition) is 1. The van der Waals surface area contributed by atoms with E-state index in [2.05, 4.69) is 40.2 Å². The van der Waals surface area contributed by atoms with E-state index in [1.54, 1.807) is 4.90 Å². The number of likely N-dealkylation sites (tertiary alicyclic amines) is 1. The Kier molecular flexibility index (Phi) is 6.03. The van der Waals surface area contributed by atoms with Crippen LogP contribution in [-0.2, 0) is 16.0 Å². The Morgan fingerprint density at radius 2 is 1.85 bits per heavy atom. The van der Waals surface area contributed by atoms with Gasteiger partial charge >= 0.3 is 0 Å². The van der Waals surface area contributed by atoms with Crippen molar-refractivity contribution in [1.29, 1.82) is 0 Å². The van der Waals surface area contributed by atoms with E-state index < -0.39 is 11.9 Å². The van der Waals surface area contributed by atoms with E-state index in [1.165, 1.54) is 19.3 Å². The molecule has 4 aliphatic rings. The molecule has 0 bridgehead atoms. The molecule has 39 heavy (non-hydrogen) atoms. The fraction of sp³-hybridized carbons (Fsp3) is 0.484. The maximum Gasteiger partial charge on any atom is 0.259 e. The molecule has 0 radical (unpaired) electrons. The number of aromatic nitrogens is 2. The van der Waals surface area contributed by atoms with Crippen LogP contribution in [0.5, 0.6) is 0 Å². The van der Waals surface area contributed by atoms with Crippen LogP contribution in [0, 0.1) is 5.92 Å². The minimum absolute atomic E-state index is 0.173. The molecule has 2 aromatic carbocycles. The van der Waals surface area contributed by atoms with Crippen LogP contribution >= 0.6 is 0 Å². The Labute approximate surface area is 228 Å². The molecule has 3 amide bonds. The van der Waals surface area contributed by atoms with Crippen molar-refractivity contribution < 1.29 is 14.4 Å². The summed E-state index contributed by atoms with van der Waals surface area (Å²) < 4.78 is 2.16. The summed E-state index contributed by atoms with van der Waals surface area (Å²) in [5, 5.41) is 9.07. The summed E-state index contributed by atoms with van der Waals surface area (Å²) in [6.07, 6.45) is 11.9. The summed E-state index contributed by atoms with van der Waals surface area (Å²) in [5.74, 6) is 0.0330. The van der Waals surface area contributed by atoms with Gasteiger partial charge in [0.05, 0.1) is 17.9 Å². The first-order chi connectivity index (χ1) is 19.0. The molecule has 0 unspecified atom stereocenters. The highest BCUT2D eigenvalue weighted by Crippen LogP contribution is 2.41. The van der Waals surface area contributed by atoms with E-state index in [9.17, 15) is 14.4 Å². The Balaban J connectivity index is 1.09. The Morgan fingerprint density at radius 3 is 2.59 bits per heavy atom. The third-order valence-corrected chi connectivity index (χ3v) is 9.67. The number of benzene rings is 2. The van der Waals surface area contributed by atoms with Crippen LogP contribution in [0.3, 0.4) is 0 Å². The van der Waals surface area contributed by atoms with Crippen LogP contribution in [0.1, 0.15) is 79.4 Å². The Morgan fingerprint density at radius 1 is 1.03 bits per heavy atom. The van der Waals surface area contributed by atoms with Crippen molar-refractivity contribution in [1.82, 2.24) is 20.0 Å². The molecule has 0 spiro atoms. The maximum absolute atomic E-state index is 13.4. The van der Waals surface area contributed by atoms with Gasteiger partial charge in [0.15, 0.2) is 0 Å². The molecular weight excluding hydrogens is 490 g/mol. The summed E-state index contributed by atoms with van der Waals surface area (Å²) in [6, 6.07) is 10.3. The molecule has 1 aromatic heterocycles. The van der Waals surface area contributed by atoms with Crippen molar-refractivity contribution in [2.24, 2.45) is 5.92 Å². The van der Waals surface area contributed by atoms with Crippen molar-refractivity contribution in [2.45, 2.75) is 76.4 Å². The molecule has 8 nitrogen and oxygen atoms in total. The van der Waals surface area contributed by atoms with Gasteiger partial charge in [0.25, 0.3) is 5.91 Å². The second-order valence-electron chi connectivity index (χ2n) is 11.8. The minimum atomic E-state index is -0.669. The van der Waals surface area contributed by atoms with E-state index in [-0.39, 0.29) is 18.2 Å². The van der Waals surface area contributed by atoms with Crippen molar-refractivity contribution in [2.75, 3.05) is 18.0 Å². The van der Waals surface area contributed by atoms with Gasteiger partial charge in [-0.05, 0) is 73.6 Å². The molecule has 202 valence electrons. The van der Waals surface area contributed by atoms with Gasteiger partial charge in [0.1, 0.15) is 6.04 Å². The summed E-state index contributed by atoms with van der Waals surface area (Å²) in [7, 11) is 0. The largest absolute Gasteiger partial charge is 0.300 e. The predicted octanol–water partition coefficient (Wildman–Crippen LogP) is 4.22. The topological polar surface area (TPSA) is 87.5 Å². The van der Waals surface area contributed by atoms with Gasteiger partial charge in [-0.2, -0.15) is 5.10 Å². The molecule has 2 saturated heterocycles. The van der Waals surface area contributed by atoms with Crippen molar-refractivity contribution in [3.8, 4) is 0 Å². The van der Waals surface area contributed by atoms with Crippen LogP contribution in [0.2, 0.25) is 0 Å². The smallest absolute Gasteiger partial charge is 0.259 e. The lowest BCUT2D eigenvalue weighted by atomic mass is 9.79. The first-order valence-electron chi connectivity index (χ1n) is 14.5. The van der Waals surface area contributed by atoms with E-state index in [0.29, 0.717) is 24.1 Å². The van der Waals surface area contributed by atoms with E-state index in [1.807, 2.05) is 24.4 Å². The number of amides is 3. The van der Waals surface area contributed by atoms with Crippen LogP contribution in [0.25, 0.3) is 10.8 Å². The molecule has 2 atom stereocenters. The number of nitrogens with one attached hydrogen (secondary N) is 1. The third kappa shape index (κ3) is 4.16. The number of piperidine rings is 2. The van der Waals surface area contributed by atoms with Crippen LogP contribution in [-0.4, -0.2) is 57.6 Å². The zero-order valence-electron chi connectivity index (χ0n) is 22.4. The highest BCUT2D eigenvalue weighted by molar-refractivity contribution is 6.27. The molecule has 7 rings (SSSR count). The zero-order chi connectivity index (χ0) is 26.7. The number of nitrogens with zero attached hydrogens (tertiary/aromatic N) is 4. The van der Waals surface area contributed by atoms with Crippen LogP contribution in [0.4, 0.5) is 5.69 Å². The second-order valence-corrected chi connectivity index (χ2v) is 11.8. The SMILES string of the molecule is C[C@H](C1CCC1)N1CCC(n2cc(Cc3ccc4c5c(cccc35)C(=O)N4[C@@H]3CCC(=O)NC3=O)cn2)CC1. The maximum atomic E-state index is 13.4. The van der Waals surface area contributed by atoms with Gasteiger partial charge in [-0.1, -0.05) is 24.6 Å². The fourth-order valence-electron chi connectivity index (χ4n) is 7.12. The highest BCUT2D eigenvalue weighted by Gasteiger charge is 2.41. The van der Waals surface area contributed by atoms with Gasteiger partial charge in [0.2, 0.25) is 11.8 Å². The first kappa shape index (κ1) is 24.5. The molecule has 8 heteroatoms. The lowest BCUT2D eigenvalue weighted by Crippen LogP contribution is -2.53. The van der Waals surface area contributed by atoms with E-state index in [0.717, 1.165) is 65.9 Å². The zero-order valence-corrected chi connectivity index (χ0v) is 22.4. The summed E-state index contributed by atoms with van der Waals surface area (Å²) >= 11 is 0. The lowest BCUT2D eigenvalue weighted by Gasteiger charge is -2.42. The number of hydrogen-bond acceptors (Lipinski definition) is 5. The minimum Gasteiger partial charge on any atom is -0.300 e. The van der Waals surface area contributed by atoms with E-state index in [4.69, 9.17) is 5.10 Å². The lowest BCUT2D eigenvalue weighted by molar-refractivity contribution is -0.134. The van der Waals surface area contributed by atoms with Crippen molar-refractivity contribution in [3.05, 3.63) is 59.4 Å².